The Morgan fingerprint density at radius 1 is 1.52 bits per heavy atom. The van der Waals surface area contributed by atoms with Crippen molar-refractivity contribution in [3.05, 3.63) is 27.1 Å². The Labute approximate surface area is 127 Å². The van der Waals surface area contributed by atoms with Gasteiger partial charge in [-0.25, -0.2) is 4.98 Å². The Hall–Kier alpha value is -1.31. The molecule has 1 saturated carbocycles. The summed E-state index contributed by atoms with van der Waals surface area (Å²) in [5.74, 6) is 0. The molecule has 7 heteroatoms. The minimum Gasteiger partial charge on any atom is -0.395 e. The average Bonchev–Trinajstić information content (AvgIpc) is 2.80. The zero-order valence-electron chi connectivity index (χ0n) is 12.2. The fourth-order valence-corrected chi connectivity index (χ4v) is 3.46. The second-order valence-electron chi connectivity index (χ2n) is 5.41. The number of hydrogen-bond acceptors (Lipinski definition) is 6. The zero-order chi connectivity index (χ0) is 14.8. The first-order chi connectivity index (χ1) is 10.2. The summed E-state index contributed by atoms with van der Waals surface area (Å²) in [5, 5.41) is 14.4. The summed E-state index contributed by atoms with van der Waals surface area (Å²) in [5.41, 5.74) is 0.648. The van der Waals surface area contributed by atoms with E-state index in [2.05, 4.69) is 15.0 Å². The van der Waals surface area contributed by atoms with Gasteiger partial charge in [0.2, 0.25) is 4.96 Å². The van der Waals surface area contributed by atoms with Gasteiger partial charge in [0.25, 0.3) is 5.56 Å². The number of fused-ring (bicyclic) bond motifs is 1. The molecule has 0 amide bonds. The summed E-state index contributed by atoms with van der Waals surface area (Å²) in [4.78, 5) is 19.6. The van der Waals surface area contributed by atoms with E-state index in [1.165, 1.54) is 35.1 Å². The monoisotopic (exact) mass is 308 g/mol. The van der Waals surface area contributed by atoms with Crippen LogP contribution in [0.1, 0.15) is 36.9 Å². The van der Waals surface area contributed by atoms with Gasteiger partial charge in [-0.1, -0.05) is 24.7 Å². The number of aliphatic hydroxyl groups excluding tert-OH is 1. The third-order valence-corrected chi connectivity index (χ3v) is 5.04. The highest BCUT2D eigenvalue weighted by Gasteiger charge is 2.25. The van der Waals surface area contributed by atoms with Crippen LogP contribution in [0.25, 0.3) is 4.96 Å². The standard InChI is InChI=1S/C14H20N4O2S/c1-2-12-16-18-13(20)8-10(15-14(18)21-12)9-17(6-7-19)11-4-3-5-11/h8,11,19H,2-7,9H2,1H3. The molecule has 2 aromatic heterocycles. The lowest BCUT2D eigenvalue weighted by Crippen LogP contribution is -2.41. The molecule has 0 spiro atoms. The van der Waals surface area contributed by atoms with E-state index in [1.54, 1.807) is 6.07 Å². The largest absolute Gasteiger partial charge is 0.395 e. The molecule has 0 saturated heterocycles. The van der Waals surface area contributed by atoms with E-state index in [9.17, 15) is 9.90 Å². The molecular weight excluding hydrogens is 288 g/mol. The Kier molecular flexibility index (Phi) is 4.32. The number of nitrogens with zero attached hydrogens (tertiary/aromatic N) is 4. The van der Waals surface area contributed by atoms with E-state index in [1.807, 2.05) is 6.92 Å². The fraction of sp³-hybridized carbons (Fsp3) is 0.643. The van der Waals surface area contributed by atoms with Crippen LogP contribution >= 0.6 is 11.3 Å². The summed E-state index contributed by atoms with van der Waals surface area (Å²) in [6.45, 7) is 3.41. The zero-order valence-corrected chi connectivity index (χ0v) is 13.0. The van der Waals surface area contributed by atoms with Gasteiger partial charge in [-0.05, 0) is 19.3 Å². The SMILES string of the molecule is CCc1nn2c(=O)cc(CN(CCO)C3CCC3)nc2s1. The molecule has 1 aliphatic rings. The lowest BCUT2D eigenvalue weighted by molar-refractivity contribution is 0.0934. The van der Waals surface area contributed by atoms with E-state index in [0.29, 0.717) is 24.1 Å². The van der Waals surface area contributed by atoms with Gasteiger partial charge in [0.05, 0.1) is 12.3 Å². The molecule has 3 rings (SSSR count). The quantitative estimate of drug-likeness (QED) is 0.864. The van der Waals surface area contributed by atoms with Gasteiger partial charge in [0.15, 0.2) is 0 Å². The summed E-state index contributed by atoms with van der Waals surface area (Å²) in [6, 6.07) is 2.08. The first-order valence-corrected chi connectivity index (χ1v) is 8.26. The summed E-state index contributed by atoms with van der Waals surface area (Å²) in [6.07, 6.45) is 4.39. The Morgan fingerprint density at radius 2 is 2.33 bits per heavy atom. The van der Waals surface area contributed by atoms with Gasteiger partial charge in [0, 0.05) is 25.2 Å². The maximum absolute atomic E-state index is 12.1. The van der Waals surface area contributed by atoms with Crippen molar-refractivity contribution < 1.29 is 5.11 Å². The molecule has 2 aromatic rings. The molecule has 2 heterocycles. The predicted molar refractivity (Wildman–Crippen MR) is 81.6 cm³/mol. The normalized spacial score (nSPS) is 15.8. The van der Waals surface area contributed by atoms with E-state index in [0.717, 1.165) is 17.1 Å². The highest BCUT2D eigenvalue weighted by molar-refractivity contribution is 7.16. The molecule has 0 aliphatic heterocycles. The minimum atomic E-state index is -0.122. The minimum absolute atomic E-state index is 0.122. The maximum Gasteiger partial charge on any atom is 0.275 e. The van der Waals surface area contributed by atoms with Gasteiger partial charge in [0.1, 0.15) is 5.01 Å². The molecule has 0 atom stereocenters. The maximum atomic E-state index is 12.1. The molecule has 1 fully saturated rings. The van der Waals surface area contributed by atoms with Crippen LogP contribution in [0.4, 0.5) is 0 Å². The van der Waals surface area contributed by atoms with Crippen molar-refractivity contribution in [2.75, 3.05) is 13.2 Å². The smallest absolute Gasteiger partial charge is 0.275 e. The third-order valence-electron chi connectivity index (χ3n) is 3.99. The fourth-order valence-electron chi connectivity index (χ4n) is 2.60. The lowest BCUT2D eigenvalue weighted by Gasteiger charge is -2.36. The molecule has 0 bridgehead atoms. The number of rotatable bonds is 6. The van der Waals surface area contributed by atoms with Crippen molar-refractivity contribution in [1.29, 1.82) is 0 Å². The van der Waals surface area contributed by atoms with Gasteiger partial charge < -0.3 is 5.11 Å². The van der Waals surface area contributed by atoms with Crippen molar-refractivity contribution in [2.45, 2.75) is 45.2 Å². The molecule has 1 N–H and O–H groups in total. The van der Waals surface area contributed by atoms with Crippen LogP contribution in [0.2, 0.25) is 0 Å². The number of hydrogen-bond donors (Lipinski definition) is 1. The summed E-state index contributed by atoms with van der Waals surface area (Å²) >= 11 is 1.47. The van der Waals surface area contributed by atoms with Crippen LogP contribution in [-0.4, -0.2) is 43.8 Å². The van der Waals surface area contributed by atoms with Crippen molar-refractivity contribution >= 4 is 16.3 Å². The molecule has 6 nitrogen and oxygen atoms in total. The van der Waals surface area contributed by atoms with E-state index < -0.39 is 0 Å². The second kappa shape index (κ2) is 6.21. The topological polar surface area (TPSA) is 70.7 Å². The van der Waals surface area contributed by atoms with Gasteiger partial charge in [-0.3, -0.25) is 9.69 Å². The second-order valence-corrected chi connectivity index (χ2v) is 6.45. The van der Waals surface area contributed by atoms with Gasteiger partial charge >= 0.3 is 0 Å². The van der Waals surface area contributed by atoms with Crippen LogP contribution in [0.3, 0.4) is 0 Å². The van der Waals surface area contributed by atoms with Crippen molar-refractivity contribution in [3.63, 3.8) is 0 Å². The van der Waals surface area contributed by atoms with Crippen LogP contribution in [0.15, 0.2) is 10.9 Å². The number of aromatic nitrogens is 3. The van der Waals surface area contributed by atoms with Crippen LogP contribution < -0.4 is 5.56 Å². The Balaban J connectivity index is 1.86. The van der Waals surface area contributed by atoms with E-state index >= 15 is 0 Å². The summed E-state index contributed by atoms with van der Waals surface area (Å²) in [7, 11) is 0. The number of aliphatic hydroxyl groups is 1. The predicted octanol–water partition coefficient (Wildman–Crippen LogP) is 1.06. The van der Waals surface area contributed by atoms with Crippen molar-refractivity contribution in [3.8, 4) is 0 Å². The van der Waals surface area contributed by atoms with Crippen LogP contribution in [-0.2, 0) is 13.0 Å². The molecule has 114 valence electrons. The highest BCUT2D eigenvalue weighted by atomic mass is 32.1. The Bertz CT molecular complexity index is 677. The third kappa shape index (κ3) is 3.00. The van der Waals surface area contributed by atoms with Gasteiger partial charge in [-0.15, -0.1) is 0 Å². The molecule has 0 aromatic carbocycles. The van der Waals surface area contributed by atoms with E-state index in [-0.39, 0.29) is 12.2 Å². The van der Waals surface area contributed by atoms with Crippen molar-refractivity contribution in [1.82, 2.24) is 19.5 Å². The lowest BCUT2D eigenvalue weighted by atomic mass is 9.91. The molecular formula is C14H20N4O2S. The average molecular weight is 308 g/mol. The van der Waals surface area contributed by atoms with Crippen LogP contribution in [0, 0.1) is 0 Å². The molecule has 0 radical (unpaired) electrons. The van der Waals surface area contributed by atoms with Crippen molar-refractivity contribution in [2.24, 2.45) is 0 Å². The van der Waals surface area contributed by atoms with Crippen LogP contribution in [0.5, 0.6) is 0 Å². The molecule has 1 aliphatic carbocycles. The summed E-state index contributed by atoms with van der Waals surface area (Å²) < 4.78 is 1.38. The van der Waals surface area contributed by atoms with E-state index in [4.69, 9.17) is 0 Å². The number of aryl methyl sites for hydroxylation is 1. The first-order valence-electron chi connectivity index (χ1n) is 7.45. The van der Waals surface area contributed by atoms with Gasteiger partial charge in [-0.2, -0.15) is 9.61 Å². The molecule has 21 heavy (non-hydrogen) atoms. The highest BCUT2D eigenvalue weighted by Crippen LogP contribution is 2.25. The Morgan fingerprint density at radius 3 is 2.95 bits per heavy atom. The first kappa shape index (κ1) is 14.6. The molecule has 0 unspecified atom stereocenters.